The number of amides is 2. The first kappa shape index (κ1) is 34.9. The molecule has 1 N–H and O–H groups in total. The van der Waals surface area contributed by atoms with Gasteiger partial charge in [-0.05, 0) is 71.8 Å². The van der Waals surface area contributed by atoms with Crippen LogP contribution in [0.25, 0.3) is 11.1 Å². The molecule has 0 aliphatic heterocycles. The fraction of sp³-hybridized carbons (Fsp3) is 0.289. The van der Waals surface area contributed by atoms with Crippen LogP contribution >= 0.6 is 0 Å². The number of anilines is 1. The van der Waals surface area contributed by atoms with Gasteiger partial charge in [0, 0.05) is 24.3 Å². The van der Waals surface area contributed by atoms with E-state index in [1.165, 1.54) is 12.1 Å². The topological polar surface area (TPSA) is 75.7 Å². The van der Waals surface area contributed by atoms with E-state index in [2.05, 4.69) is 5.32 Å². The van der Waals surface area contributed by atoms with Crippen molar-refractivity contribution in [1.29, 1.82) is 0 Å². The molecule has 0 bridgehead atoms. The summed E-state index contributed by atoms with van der Waals surface area (Å²) in [5.74, 6) is -1.62. The monoisotopic (exact) mass is 644 g/mol. The molecule has 0 spiro atoms. The molecule has 47 heavy (non-hydrogen) atoms. The number of carbonyl (C=O) groups excluding carboxylic acids is 3. The molecule has 6 nitrogen and oxygen atoms in total. The fourth-order valence-electron chi connectivity index (χ4n) is 5.42. The third-order valence-electron chi connectivity index (χ3n) is 8.02. The number of carbonyl (C=O) groups is 3. The second kappa shape index (κ2) is 15.6. The summed E-state index contributed by atoms with van der Waals surface area (Å²) in [7, 11) is 0. The van der Waals surface area contributed by atoms with Crippen LogP contribution in [0.3, 0.4) is 0 Å². The van der Waals surface area contributed by atoms with Crippen LogP contribution in [-0.4, -0.2) is 42.4 Å². The van der Waals surface area contributed by atoms with E-state index in [1.54, 1.807) is 41.3 Å². The largest absolute Gasteiger partial charge is 0.464 e. The second-order valence-electron chi connectivity index (χ2n) is 11.5. The highest BCUT2D eigenvalue weighted by atomic mass is 19.4. The van der Waals surface area contributed by atoms with Gasteiger partial charge in [0.1, 0.15) is 6.61 Å². The molecule has 0 aromatic heterocycles. The highest BCUT2D eigenvalue weighted by molar-refractivity contribution is 6.09. The minimum atomic E-state index is -4.46. The third kappa shape index (κ3) is 8.87. The number of alkyl halides is 3. The molecule has 1 atom stereocenters. The summed E-state index contributed by atoms with van der Waals surface area (Å²) in [6, 6.07) is 26.0. The first-order valence-corrected chi connectivity index (χ1v) is 15.6. The van der Waals surface area contributed by atoms with Crippen molar-refractivity contribution < 1.29 is 32.3 Å². The lowest BCUT2D eigenvalue weighted by Gasteiger charge is -2.25. The average molecular weight is 645 g/mol. The predicted molar refractivity (Wildman–Crippen MR) is 177 cm³/mol. The molecule has 9 heteroatoms. The molecule has 2 amide bonds. The van der Waals surface area contributed by atoms with Crippen LogP contribution < -0.4 is 5.32 Å². The van der Waals surface area contributed by atoms with Gasteiger partial charge < -0.3 is 15.0 Å². The van der Waals surface area contributed by atoms with Crippen molar-refractivity contribution in [2.45, 2.75) is 52.1 Å². The second-order valence-corrected chi connectivity index (χ2v) is 11.5. The van der Waals surface area contributed by atoms with E-state index in [-0.39, 0.29) is 24.9 Å². The number of esters is 1. The Labute approximate surface area is 273 Å². The minimum absolute atomic E-state index is 0.0134. The van der Waals surface area contributed by atoms with E-state index in [4.69, 9.17) is 4.74 Å². The molecular formula is C38H39F3N2O4. The normalized spacial score (nSPS) is 12.0. The van der Waals surface area contributed by atoms with Crippen LogP contribution in [0.5, 0.6) is 0 Å². The van der Waals surface area contributed by atoms with E-state index >= 15 is 0 Å². The van der Waals surface area contributed by atoms with E-state index in [0.717, 1.165) is 23.3 Å². The summed E-state index contributed by atoms with van der Waals surface area (Å²) < 4.78 is 44.9. The van der Waals surface area contributed by atoms with Gasteiger partial charge in [-0.25, -0.2) is 0 Å². The molecule has 0 heterocycles. The lowest BCUT2D eigenvalue weighted by atomic mass is 9.96. The van der Waals surface area contributed by atoms with Gasteiger partial charge in [-0.1, -0.05) is 86.6 Å². The van der Waals surface area contributed by atoms with Crippen molar-refractivity contribution in [3.05, 3.63) is 125 Å². The Hall–Kier alpha value is -4.92. The van der Waals surface area contributed by atoms with Crippen LogP contribution in [0.15, 0.2) is 97.1 Å². The van der Waals surface area contributed by atoms with Gasteiger partial charge in [-0.15, -0.1) is 0 Å². The molecule has 0 aliphatic carbocycles. The van der Waals surface area contributed by atoms with Crippen molar-refractivity contribution in [2.24, 2.45) is 0 Å². The van der Waals surface area contributed by atoms with Gasteiger partial charge in [0.15, 0.2) is 0 Å². The van der Waals surface area contributed by atoms with E-state index in [1.807, 2.05) is 64.1 Å². The zero-order chi connectivity index (χ0) is 34.1. The Morgan fingerprint density at radius 1 is 0.830 bits per heavy atom. The van der Waals surface area contributed by atoms with E-state index in [0.29, 0.717) is 41.0 Å². The van der Waals surface area contributed by atoms with Crippen molar-refractivity contribution in [3.8, 4) is 11.1 Å². The Morgan fingerprint density at radius 3 is 2.09 bits per heavy atom. The highest BCUT2D eigenvalue weighted by Crippen LogP contribution is 2.33. The summed E-state index contributed by atoms with van der Waals surface area (Å²) in [5, 5.41) is 2.95. The first-order valence-electron chi connectivity index (χ1n) is 15.6. The highest BCUT2D eigenvalue weighted by Gasteiger charge is 2.30. The Kier molecular flexibility index (Phi) is 11.6. The van der Waals surface area contributed by atoms with Gasteiger partial charge in [-0.3, -0.25) is 14.4 Å². The quantitative estimate of drug-likeness (QED) is 0.157. The molecule has 4 rings (SSSR count). The zero-order valence-electron chi connectivity index (χ0n) is 26.9. The number of benzene rings is 4. The lowest BCUT2D eigenvalue weighted by Crippen LogP contribution is -2.37. The molecular weight excluding hydrogens is 605 g/mol. The van der Waals surface area contributed by atoms with Crippen molar-refractivity contribution >= 4 is 23.5 Å². The first-order chi connectivity index (χ1) is 22.4. The average Bonchev–Trinajstić information content (AvgIpc) is 3.06. The van der Waals surface area contributed by atoms with E-state index < -0.39 is 29.5 Å². The van der Waals surface area contributed by atoms with Crippen LogP contribution in [0.2, 0.25) is 0 Å². The van der Waals surface area contributed by atoms with Gasteiger partial charge >= 0.3 is 12.1 Å². The molecule has 0 saturated heterocycles. The molecule has 0 radical (unpaired) electrons. The number of rotatable bonds is 12. The zero-order valence-corrected chi connectivity index (χ0v) is 26.9. The Morgan fingerprint density at radius 2 is 1.47 bits per heavy atom. The molecule has 246 valence electrons. The smallest absolute Gasteiger partial charge is 0.416 e. The SMILES string of the molecule is CCN(CC)C(=O)C(COC(=O)Cc1ccc(NC(=O)c2ccccc2-c2ccc(C(F)(F)F)cc2)c(C(C)C)c1)c1ccccc1. The van der Waals surface area contributed by atoms with Crippen molar-refractivity contribution in [3.63, 3.8) is 0 Å². The van der Waals surface area contributed by atoms with Crippen molar-refractivity contribution in [1.82, 2.24) is 4.90 Å². The summed E-state index contributed by atoms with van der Waals surface area (Å²) >= 11 is 0. The number of hydrogen-bond donors (Lipinski definition) is 1. The molecule has 1 unspecified atom stereocenters. The predicted octanol–water partition coefficient (Wildman–Crippen LogP) is 8.49. The standard InChI is InChI=1S/C38H39F3N2O4/c1-5-43(6-2)37(46)33(27-12-8-7-9-13-27)24-47-35(44)23-26-16-21-34(32(22-26)25(3)4)42-36(45)31-15-11-10-14-30(31)28-17-19-29(20-18-28)38(39,40)41/h7-22,25,33H,5-6,23-24H2,1-4H3,(H,42,45). The number of halogens is 3. The summed E-state index contributed by atoms with van der Waals surface area (Å²) in [4.78, 5) is 41.4. The summed E-state index contributed by atoms with van der Waals surface area (Å²) in [6.45, 7) is 8.76. The number of ether oxygens (including phenoxy) is 1. The maximum atomic E-state index is 13.5. The summed E-state index contributed by atoms with van der Waals surface area (Å²) in [6.07, 6.45) is -4.48. The van der Waals surface area contributed by atoms with Crippen LogP contribution in [0.1, 0.15) is 72.1 Å². The molecule has 0 fully saturated rings. The fourth-order valence-corrected chi connectivity index (χ4v) is 5.42. The molecule has 0 aliphatic rings. The lowest BCUT2D eigenvalue weighted by molar-refractivity contribution is -0.145. The van der Waals surface area contributed by atoms with Gasteiger partial charge in [0.25, 0.3) is 5.91 Å². The number of nitrogens with one attached hydrogen (secondary N) is 1. The molecule has 4 aromatic rings. The maximum absolute atomic E-state index is 13.5. The number of nitrogens with zero attached hydrogens (tertiary/aromatic N) is 1. The minimum Gasteiger partial charge on any atom is -0.464 e. The van der Waals surface area contributed by atoms with Gasteiger partial charge in [0.05, 0.1) is 17.9 Å². The number of hydrogen-bond acceptors (Lipinski definition) is 4. The van der Waals surface area contributed by atoms with Crippen LogP contribution in [0.4, 0.5) is 18.9 Å². The Balaban J connectivity index is 1.48. The van der Waals surface area contributed by atoms with Crippen LogP contribution in [-0.2, 0) is 26.9 Å². The summed E-state index contributed by atoms with van der Waals surface area (Å²) in [5.41, 5.74) is 3.34. The Bertz CT molecular complexity index is 1680. The number of likely N-dealkylation sites (N-methyl/N-ethyl adjacent to an activating group) is 1. The third-order valence-corrected chi connectivity index (χ3v) is 8.02. The van der Waals surface area contributed by atoms with Crippen LogP contribution in [0, 0.1) is 0 Å². The van der Waals surface area contributed by atoms with Gasteiger partial charge in [-0.2, -0.15) is 13.2 Å². The molecule has 4 aromatic carbocycles. The van der Waals surface area contributed by atoms with E-state index in [9.17, 15) is 27.6 Å². The van der Waals surface area contributed by atoms with Gasteiger partial charge in [0.2, 0.25) is 5.91 Å². The maximum Gasteiger partial charge on any atom is 0.416 e. The van der Waals surface area contributed by atoms with Crippen molar-refractivity contribution in [2.75, 3.05) is 25.0 Å². The molecule has 0 saturated carbocycles.